The molecule has 7 heteroatoms. The molecule has 2 aliphatic rings. The Morgan fingerprint density at radius 3 is 2.41 bits per heavy atom. The number of para-hydroxylation sites is 1. The van der Waals surface area contributed by atoms with Gasteiger partial charge in [0.2, 0.25) is 5.91 Å². The van der Waals surface area contributed by atoms with Gasteiger partial charge in [-0.25, -0.2) is 0 Å². The van der Waals surface area contributed by atoms with E-state index in [4.69, 9.17) is 0 Å². The lowest BCUT2D eigenvalue weighted by Gasteiger charge is -2.24. The number of amides is 2. The van der Waals surface area contributed by atoms with Crippen molar-refractivity contribution in [3.63, 3.8) is 0 Å². The second-order valence-corrected chi connectivity index (χ2v) is 8.47. The maximum absolute atomic E-state index is 13.0. The Morgan fingerprint density at radius 1 is 0.966 bits per heavy atom. The Balaban J connectivity index is 1.59. The van der Waals surface area contributed by atoms with E-state index in [1.165, 1.54) is 11.3 Å². The number of benzene rings is 1. The average Bonchev–Trinajstić information content (AvgIpc) is 3.29. The van der Waals surface area contributed by atoms with Gasteiger partial charge in [-0.2, -0.15) is 0 Å². The predicted octanol–water partition coefficient (Wildman–Crippen LogP) is 4.09. The molecule has 0 saturated carbocycles. The van der Waals surface area contributed by atoms with Crippen molar-refractivity contribution in [3.8, 4) is 0 Å². The number of allylic oxidation sites excluding steroid dienone is 2. The number of carbonyl (C=O) groups excluding carboxylic acids is 2. The third-order valence-corrected chi connectivity index (χ3v) is 6.71. The van der Waals surface area contributed by atoms with E-state index < -0.39 is 17.8 Å². The molecule has 2 aliphatic carbocycles. The molecule has 0 spiro atoms. The van der Waals surface area contributed by atoms with Crippen LogP contribution in [0.3, 0.4) is 0 Å². The molecule has 0 fully saturated rings. The van der Waals surface area contributed by atoms with Gasteiger partial charge in [-0.1, -0.05) is 30.4 Å². The van der Waals surface area contributed by atoms with Crippen LogP contribution >= 0.6 is 11.3 Å². The summed E-state index contributed by atoms with van der Waals surface area (Å²) in [6.07, 6.45) is 7.08. The normalized spacial score (nSPS) is 20.1. The Bertz CT molecular complexity index is 980. The molecule has 1 heterocycles. The highest BCUT2D eigenvalue weighted by Gasteiger charge is 2.35. The van der Waals surface area contributed by atoms with Crippen LogP contribution in [0.2, 0.25) is 0 Å². The standard InChI is InChI=1S/C22H22N2O4S/c25-19(14-9-4-5-10-15(14)22(27)28)24-21-18(16-11-6-12-17(16)29-21)20(26)23-13-7-2-1-3-8-13/h1-5,7-8,14-15H,6,9-12H2,(H,23,26)(H,24,25)(H,27,28)/t14-,15-/m0/s1. The van der Waals surface area contributed by atoms with Crippen LogP contribution in [0.25, 0.3) is 0 Å². The molecule has 0 saturated heterocycles. The molecule has 150 valence electrons. The minimum atomic E-state index is -0.967. The number of carboxylic acid groups (broad SMARTS) is 1. The summed E-state index contributed by atoms with van der Waals surface area (Å²) >= 11 is 1.43. The minimum absolute atomic E-state index is 0.246. The first-order valence-electron chi connectivity index (χ1n) is 9.74. The molecule has 2 atom stereocenters. The summed E-state index contributed by atoms with van der Waals surface area (Å²) in [5, 5.41) is 15.8. The Morgan fingerprint density at radius 2 is 1.69 bits per heavy atom. The summed E-state index contributed by atoms with van der Waals surface area (Å²) in [5.41, 5.74) is 2.20. The van der Waals surface area contributed by atoms with Gasteiger partial charge in [-0.3, -0.25) is 14.4 Å². The molecule has 2 aromatic rings. The van der Waals surface area contributed by atoms with Gasteiger partial charge >= 0.3 is 5.97 Å². The summed E-state index contributed by atoms with van der Waals surface area (Å²) in [7, 11) is 0. The number of fused-ring (bicyclic) bond motifs is 1. The fraction of sp³-hybridized carbons (Fsp3) is 0.318. The second-order valence-electron chi connectivity index (χ2n) is 7.36. The maximum atomic E-state index is 13.0. The molecule has 0 radical (unpaired) electrons. The van der Waals surface area contributed by atoms with Crippen molar-refractivity contribution in [2.45, 2.75) is 32.1 Å². The van der Waals surface area contributed by atoms with Gasteiger partial charge in [0.05, 0.1) is 17.4 Å². The van der Waals surface area contributed by atoms with Gasteiger partial charge in [0.1, 0.15) is 5.00 Å². The number of thiophene rings is 1. The number of anilines is 2. The van der Waals surface area contributed by atoms with Gasteiger partial charge in [0.15, 0.2) is 0 Å². The minimum Gasteiger partial charge on any atom is -0.481 e. The van der Waals surface area contributed by atoms with Crippen molar-refractivity contribution in [1.82, 2.24) is 0 Å². The van der Waals surface area contributed by atoms with Crippen molar-refractivity contribution in [3.05, 3.63) is 58.5 Å². The highest BCUT2D eigenvalue weighted by atomic mass is 32.1. The molecule has 0 aliphatic heterocycles. The third kappa shape index (κ3) is 3.96. The Hall–Kier alpha value is -2.93. The predicted molar refractivity (Wildman–Crippen MR) is 112 cm³/mol. The SMILES string of the molecule is O=C(Nc1ccccc1)c1c(NC(=O)[C@H]2CC=CC[C@@H]2C(=O)O)sc2c1CCC2. The number of nitrogens with one attached hydrogen (secondary N) is 2. The molecule has 1 aromatic carbocycles. The van der Waals surface area contributed by atoms with Gasteiger partial charge in [-0.15, -0.1) is 11.3 Å². The molecule has 3 N–H and O–H groups in total. The van der Waals surface area contributed by atoms with Crippen LogP contribution in [0.4, 0.5) is 10.7 Å². The summed E-state index contributed by atoms with van der Waals surface area (Å²) in [6.45, 7) is 0. The van der Waals surface area contributed by atoms with E-state index in [2.05, 4.69) is 10.6 Å². The number of aliphatic carboxylic acids is 1. The Labute approximate surface area is 172 Å². The van der Waals surface area contributed by atoms with Gasteiger partial charge < -0.3 is 15.7 Å². The third-order valence-electron chi connectivity index (χ3n) is 5.50. The molecule has 0 unspecified atom stereocenters. The molecular weight excluding hydrogens is 388 g/mol. The summed E-state index contributed by atoms with van der Waals surface area (Å²) in [4.78, 5) is 38.6. The summed E-state index contributed by atoms with van der Waals surface area (Å²) in [5.74, 6) is -2.93. The van der Waals surface area contributed by atoms with Crippen LogP contribution in [0.15, 0.2) is 42.5 Å². The quantitative estimate of drug-likeness (QED) is 0.647. The number of carboxylic acids is 1. The summed E-state index contributed by atoms with van der Waals surface area (Å²) in [6, 6.07) is 9.20. The number of hydrogen-bond donors (Lipinski definition) is 3. The van der Waals surface area contributed by atoms with E-state index in [1.54, 1.807) is 6.08 Å². The highest BCUT2D eigenvalue weighted by molar-refractivity contribution is 7.17. The molecule has 1 aromatic heterocycles. The van der Waals surface area contributed by atoms with Crippen molar-refractivity contribution < 1.29 is 19.5 Å². The van der Waals surface area contributed by atoms with Crippen molar-refractivity contribution in [1.29, 1.82) is 0 Å². The molecule has 0 bridgehead atoms. The zero-order chi connectivity index (χ0) is 20.4. The van der Waals surface area contributed by atoms with Gasteiger partial charge in [-0.05, 0) is 49.8 Å². The first kappa shape index (κ1) is 19.4. The van der Waals surface area contributed by atoms with Crippen LogP contribution in [-0.4, -0.2) is 22.9 Å². The van der Waals surface area contributed by atoms with Crippen molar-refractivity contribution in [2.24, 2.45) is 11.8 Å². The lowest BCUT2D eigenvalue weighted by molar-refractivity contribution is -0.146. The van der Waals surface area contributed by atoms with Crippen LogP contribution in [0, 0.1) is 11.8 Å². The van der Waals surface area contributed by atoms with Gasteiger partial charge in [0, 0.05) is 10.6 Å². The molecule has 6 nitrogen and oxygen atoms in total. The smallest absolute Gasteiger partial charge is 0.307 e. The monoisotopic (exact) mass is 410 g/mol. The van der Waals surface area contributed by atoms with Crippen molar-refractivity contribution in [2.75, 3.05) is 10.6 Å². The zero-order valence-corrected chi connectivity index (χ0v) is 16.6. The molecule has 29 heavy (non-hydrogen) atoms. The zero-order valence-electron chi connectivity index (χ0n) is 15.8. The maximum Gasteiger partial charge on any atom is 0.307 e. The first-order valence-corrected chi connectivity index (χ1v) is 10.6. The topological polar surface area (TPSA) is 95.5 Å². The van der Waals surface area contributed by atoms with Crippen LogP contribution < -0.4 is 10.6 Å². The van der Waals surface area contributed by atoms with E-state index in [1.807, 2.05) is 36.4 Å². The number of hydrogen-bond acceptors (Lipinski definition) is 4. The van der Waals surface area contributed by atoms with E-state index in [0.29, 0.717) is 29.1 Å². The highest BCUT2D eigenvalue weighted by Crippen LogP contribution is 2.40. The lowest BCUT2D eigenvalue weighted by Crippen LogP contribution is -2.35. The van der Waals surface area contributed by atoms with Gasteiger partial charge in [0.25, 0.3) is 5.91 Å². The van der Waals surface area contributed by atoms with E-state index in [-0.39, 0.29) is 11.8 Å². The summed E-state index contributed by atoms with van der Waals surface area (Å²) < 4.78 is 0. The Kier molecular flexibility index (Phi) is 5.49. The largest absolute Gasteiger partial charge is 0.481 e. The van der Waals surface area contributed by atoms with Crippen LogP contribution in [-0.2, 0) is 22.4 Å². The van der Waals surface area contributed by atoms with Crippen LogP contribution in [0.1, 0.15) is 40.1 Å². The molecule has 4 rings (SSSR count). The van der Waals surface area contributed by atoms with Crippen LogP contribution in [0.5, 0.6) is 0 Å². The lowest BCUT2D eigenvalue weighted by atomic mass is 9.82. The first-order chi connectivity index (χ1) is 14.0. The fourth-order valence-corrected chi connectivity index (χ4v) is 5.32. The molecular formula is C22H22N2O4S. The van der Waals surface area contributed by atoms with E-state index >= 15 is 0 Å². The second kappa shape index (κ2) is 8.21. The van der Waals surface area contributed by atoms with E-state index in [0.717, 1.165) is 29.7 Å². The number of carbonyl (C=O) groups is 3. The van der Waals surface area contributed by atoms with Crippen molar-refractivity contribution >= 4 is 39.8 Å². The fourth-order valence-electron chi connectivity index (χ4n) is 4.03. The average molecular weight is 410 g/mol. The van der Waals surface area contributed by atoms with E-state index in [9.17, 15) is 19.5 Å². The number of aryl methyl sites for hydroxylation is 1. The number of rotatable bonds is 5. The molecule has 2 amide bonds.